The number of rotatable bonds is 4. The molecule has 2 rings (SSSR count). The number of hydrogen-bond donors (Lipinski definition) is 3. The van der Waals surface area contributed by atoms with Gasteiger partial charge in [0.1, 0.15) is 9.79 Å². The number of aryl methyl sites for hydroxylation is 1. The second-order valence-electron chi connectivity index (χ2n) is 4.01. The third-order valence-electron chi connectivity index (χ3n) is 2.51. The van der Waals surface area contributed by atoms with Crippen molar-refractivity contribution in [2.45, 2.75) is 16.7 Å². The molecule has 1 aromatic carbocycles. The molecule has 1 aromatic heterocycles. The number of hydrogen-bond acceptors (Lipinski definition) is 5. The van der Waals surface area contributed by atoms with Crippen LogP contribution < -0.4 is 9.86 Å². The summed E-state index contributed by atoms with van der Waals surface area (Å²) in [4.78, 5) is -0.369. The lowest BCUT2D eigenvalue weighted by Gasteiger charge is -2.10. The lowest BCUT2D eigenvalue weighted by Crippen LogP contribution is -2.18. The largest absolute Gasteiger partial charge is 0.281 e. The fourth-order valence-corrected chi connectivity index (χ4v) is 3.59. The summed E-state index contributed by atoms with van der Waals surface area (Å²) in [6, 6.07) is 5.47. The standard InChI is InChI=1S/C10H12N4O4S2/c1-7-10(6-12-13-7)20(17,18)14-8-4-2-3-5-9(8)19(11,15)16/h2-6,14H,1H3,(H,12,13)(H2,11,15,16). The Bertz CT molecular complexity index is 840. The SMILES string of the molecule is Cc1[nH]ncc1S(=O)(=O)Nc1ccccc1S(N)(=O)=O. The maximum atomic E-state index is 12.2. The number of sulfonamides is 2. The summed E-state index contributed by atoms with van der Waals surface area (Å²) in [6.45, 7) is 1.53. The molecule has 0 aliphatic rings. The Kier molecular flexibility index (Phi) is 3.54. The van der Waals surface area contributed by atoms with Gasteiger partial charge in [-0.25, -0.2) is 22.0 Å². The highest BCUT2D eigenvalue weighted by molar-refractivity contribution is 7.93. The third-order valence-corrected chi connectivity index (χ3v) is 4.96. The zero-order valence-electron chi connectivity index (χ0n) is 10.4. The van der Waals surface area contributed by atoms with Gasteiger partial charge in [0.05, 0.1) is 17.6 Å². The lowest BCUT2D eigenvalue weighted by atomic mass is 10.3. The van der Waals surface area contributed by atoms with Crippen molar-refractivity contribution < 1.29 is 16.8 Å². The van der Waals surface area contributed by atoms with E-state index in [4.69, 9.17) is 5.14 Å². The number of aromatic amines is 1. The Morgan fingerprint density at radius 1 is 1.15 bits per heavy atom. The zero-order valence-corrected chi connectivity index (χ0v) is 12.0. The molecule has 0 aliphatic carbocycles. The van der Waals surface area contributed by atoms with Crippen LogP contribution in [0, 0.1) is 6.92 Å². The van der Waals surface area contributed by atoms with E-state index in [9.17, 15) is 16.8 Å². The van der Waals surface area contributed by atoms with Crippen LogP contribution in [0.15, 0.2) is 40.3 Å². The zero-order chi connectivity index (χ0) is 15.0. The van der Waals surface area contributed by atoms with Crippen LogP contribution in [0.5, 0.6) is 0 Å². The van der Waals surface area contributed by atoms with Gasteiger partial charge in [0, 0.05) is 0 Å². The van der Waals surface area contributed by atoms with Gasteiger partial charge in [-0.1, -0.05) is 12.1 Å². The van der Waals surface area contributed by atoms with E-state index in [1.165, 1.54) is 31.2 Å². The number of nitrogens with one attached hydrogen (secondary N) is 2. The molecule has 0 saturated carbocycles. The van der Waals surface area contributed by atoms with Crippen molar-refractivity contribution in [3.05, 3.63) is 36.2 Å². The van der Waals surface area contributed by atoms with Gasteiger partial charge in [-0.05, 0) is 19.1 Å². The summed E-state index contributed by atoms with van der Waals surface area (Å²) in [7, 11) is -7.98. The number of para-hydroxylation sites is 1. The highest BCUT2D eigenvalue weighted by atomic mass is 32.2. The molecule has 8 nitrogen and oxygen atoms in total. The fraction of sp³-hybridized carbons (Fsp3) is 0.100. The molecule has 0 saturated heterocycles. The molecule has 0 bridgehead atoms. The number of aromatic nitrogens is 2. The van der Waals surface area contributed by atoms with Crippen LogP contribution in [0.1, 0.15) is 5.69 Å². The molecule has 0 aliphatic heterocycles. The number of primary sulfonamides is 1. The Morgan fingerprint density at radius 2 is 1.80 bits per heavy atom. The highest BCUT2D eigenvalue weighted by Gasteiger charge is 2.22. The third kappa shape index (κ3) is 2.81. The molecular formula is C10H12N4O4S2. The van der Waals surface area contributed by atoms with Crippen molar-refractivity contribution in [1.29, 1.82) is 0 Å². The number of anilines is 1. The normalized spacial score (nSPS) is 12.3. The van der Waals surface area contributed by atoms with Crippen LogP contribution in [-0.2, 0) is 20.0 Å². The molecule has 0 spiro atoms. The Labute approximate surface area is 116 Å². The minimum absolute atomic E-state index is 0.0678. The van der Waals surface area contributed by atoms with Crippen LogP contribution >= 0.6 is 0 Å². The molecule has 0 radical (unpaired) electrons. The van der Waals surface area contributed by atoms with Crippen LogP contribution in [0.25, 0.3) is 0 Å². The Hall–Kier alpha value is -1.91. The van der Waals surface area contributed by atoms with E-state index >= 15 is 0 Å². The first-order chi connectivity index (χ1) is 9.22. The second kappa shape index (κ2) is 4.89. The maximum absolute atomic E-state index is 12.2. The molecule has 1 heterocycles. The van der Waals surface area contributed by atoms with Gasteiger partial charge in [0.25, 0.3) is 10.0 Å². The highest BCUT2D eigenvalue weighted by Crippen LogP contribution is 2.23. The Morgan fingerprint density at radius 3 is 2.35 bits per heavy atom. The molecule has 4 N–H and O–H groups in total. The first-order valence-electron chi connectivity index (χ1n) is 5.36. The van der Waals surface area contributed by atoms with E-state index in [0.29, 0.717) is 5.69 Å². The van der Waals surface area contributed by atoms with Gasteiger partial charge >= 0.3 is 0 Å². The van der Waals surface area contributed by atoms with Crippen molar-refractivity contribution in [2.24, 2.45) is 5.14 Å². The molecule has 0 fully saturated rings. The summed E-state index contributed by atoms with van der Waals surface area (Å²) in [5.41, 5.74) is 0.223. The molecule has 0 unspecified atom stereocenters. The van der Waals surface area contributed by atoms with Gasteiger partial charge < -0.3 is 0 Å². The average molecular weight is 316 g/mol. The first kappa shape index (κ1) is 14.5. The smallest absolute Gasteiger partial charge is 0.265 e. The molecule has 0 amide bonds. The summed E-state index contributed by atoms with van der Waals surface area (Å²) < 4.78 is 49.3. The first-order valence-corrected chi connectivity index (χ1v) is 8.39. The molecule has 2 aromatic rings. The van der Waals surface area contributed by atoms with Gasteiger partial charge in [-0.2, -0.15) is 5.10 Å². The van der Waals surface area contributed by atoms with E-state index in [-0.39, 0.29) is 15.5 Å². The van der Waals surface area contributed by atoms with E-state index < -0.39 is 20.0 Å². The topological polar surface area (TPSA) is 135 Å². The predicted molar refractivity (Wildman–Crippen MR) is 71.9 cm³/mol. The molecular weight excluding hydrogens is 304 g/mol. The van der Waals surface area contributed by atoms with E-state index in [1.807, 2.05) is 0 Å². The number of benzene rings is 1. The van der Waals surface area contributed by atoms with Crippen molar-refractivity contribution in [1.82, 2.24) is 10.2 Å². The Balaban J connectivity index is 2.49. The number of nitrogens with two attached hydrogens (primary N) is 1. The van der Waals surface area contributed by atoms with E-state index in [0.717, 1.165) is 6.20 Å². The van der Waals surface area contributed by atoms with Crippen LogP contribution in [0.2, 0.25) is 0 Å². The second-order valence-corrected chi connectivity index (χ2v) is 7.19. The van der Waals surface area contributed by atoms with Crippen molar-refractivity contribution in [2.75, 3.05) is 4.72 Å². The number of H-pyrrole nitrogens is 1. The van der Waals surface area contributed by atoms with Crippen LogP contribution in [0.4, 0.5) is 5.69 Å². The van der Waals surface area contributed by atoms with Gasteiger partial charge in [-0.3, -0.25) is 9.82 Å². The number of nitrogens with zero attached hydrogens (tertiary/aromatic N) is 1. The van der Waals surface area contributed by atoms with Crippen LogP contribution in [0.3, 0.4) is 0 Å². The van der Waals surface area contributed by atoms with Crippen molar-refractivity contribution in [3.8, 4) is 0 Å². The average Bonchev–Trinajstić information content (AvgIpc) is 2.75. The predicted octanol–water partition coefficient (Wildman–Crippen LogP) is 0.166. The molecule has 108 valence electrons. The summed E-state index contributed by atoms with van der Waals surface area (Å²) in [5.74, 6) is 0. The van der Waals surface area contributed by atoms with Gasteiger partial charge in [0.2, 0.25) is 10.0 Å². The summed E-state index contributed by atoms with van der Waals surface area (Å²) in [5, 5.41) is 11.2. The molecule has 20 heavy (non-hydrogen) atoms. The quantitative estimate of drug-likeness (QED) is 0.738. The minimum atomic E-state index is -4.04. The van der Waals surface area contributed by atoms with Gasteiger partial charge in [0.15, 0.2) is 0 Å². The lowest BCUT2D eigenvalue weighted by molar-refractivity contribution is 0.598. The molecule has 10 heteroatoms. The minimum Gasteiger partial charge on any atom is -0.281 e. The molecule has 0 atom stereocenters. The van der Waals surface area contributed by atoms with Crippen molar-refractivity contribution in [3.63, 3.8) is 0 Å². The van der Waals surface area contributed by atoms with E-state index in [2.05, 4.69) is 14.9 Å². The fourth-order valence-electron chi connectivity index (χ4n) is 1.61. The van der Waals surface area contributed by atoms with E-state index in [1.54, 1.807) is 0 Å². The summed E-state index contributed by atoms with van der Waals surface area (Å²) in [6.07, 6.45) is 1.14. The maximum Gasteiger partial charge on any atom is 0.265 e. The van der Waals surface area contributed by atoms with Gasteiger partial charge in [-0.15, -0.1) is 0 Å². The summed E-state index contributed by atoms with van der Waals surface area (Å²) >= 11 is 0. The van der Waals surface area contributed by atoms with Crippen molar-refractivity contribution >= 4 is 25.7 Å². The monoisotopic (exact) mass is 316 g/mol. The van der Waals surface area contributed by atoms with Crippen LogP contribution in [-0.4, -0.2) is 27.0 Å².